The highest BCUT2D eigenvalue weighted by molar-refractivity contribution is 6.23. The summed E-state index contributed by atoms with van der Waals surface area (Å²) in [6.07, 6.45) is -0.222. The number of carbonyl (C=O) groups is 3. The van der Waals surface area contributed by atoms with Crippen molar-refractivity contribution in [2.45, 2.75) is 32.6 Å². The number of nitrogens with zero attached hydrogens (tertiary/aromatic N) is 2. The van der Waals surface area contributed by atoms with Gasteiger partial charge in [-0.15, -0.1) is 0 Å². The first-order chi connectivity index (χ1) is 13.6. The third-order valence-corrected chi connectivity index (χ3v) is 4.67. The maximum atomic E-state index is 12.5. The van der Waals surface area contributed by atoms with Crippen molar-refractivity contribution in [2.24, 2.45) is 0 Å². The minimum absolute atomic E-state index is 0.0311. The number of amides is 2. The summed E-state index contributed by atoms with van der Waals surface area (Å²) in [5.74, 6) is -1.68. The standard InChI is InChI=1S/C21H20N2O6/c1-21(2,3)13-7-9-14(10-8-13)29-17(24)11-12-22-19(25)15-5-4-6-16(23(27)28)18(15)20(22)26/h4-10H,11-12H2,1-3H3. The number of rotatable bonds is 5. The molecule has 1 aliphatic heterocycles. The van der Waals surface area contributed by atoms with Gasteiger partial charge in [0.05, 0.1) is 16.9 Å². The third-order valence-electron chi connectivity index (χ3n) is 4.67. The highest BCUT2D eigenvalue weighted by Crippen LogP contribution is 2.31. The van der Waals surface area contributed by atoms with E-state index in [1.807, 2.05) is 12.1 Å². The molecular formula is C21H20N2O6. The van der Waals surface area contributed by atoms with Crippen LogP contribution in [0.5, 0.6) is 5.75 Å². The van der Waals surface area contributed by atoms with Crippen LogP contribution in [0.1, 0.15) is 53.5 Å². The van der Waals surface area contributed by atoms with Crippen LogP contribution in [-0.2, 0) is 10.2 Å². The summed E-state index contributed by atoms with van der Waals surface area (Å²) >= 11 is 0. The molecule has 3 rings (SSSR count). The van der Waals surface area contributed by atoms with Crippen molar-refractivity contribution >= 4 is 23.5 Å². The Balaban J connectivity index is 1.65. The molecular weight excluding hydrogens is 376 g/mol. The van der Waals surface area contributed by atoms with E-state index in [1.54, 1.807) is 12.1 Å². The van der Waals surface area contributed by atoms with Gasteiger partial charge in [0, 0.05) is 12.6 Å². The van der Waals surface area contributed by atoms with Crippen molar-refractivity contribution in [1.29, 1.82) is 0 Å². The zero-order valence-electron chi connectivity index (χ0n) is 16.3. The van der Waals surface area contributed by atoms with Gasteiger partial charge in [0.25, 0.3) is 17.5 Å². The van der Waals surface area contributed by atoms with E-state index < -0.39 is 28.4 Å². The van der Waals surface area contributed by atoms with E-state index in [4.69, 9.17) is 4.74 Å². The molecule has 0 bridgehead atoms. The summed E-state index contributed by atoms with van der Waals surface area (Å²) in [5.41, 5.74) is 0.357. The molecule has 2 aromatic carbocycles. The fourth-order valence-electron chi connectivity index (χ4n) is 3.08. The topological polar surface area (TPSA) is 107 Å². The Bertz CT molecular complexity index is 1000. The molecule has 2 aromatic rings. The summed E-state index contributed by atoms with van der Waals surface area (Å²) < 4.78 is 5.25. The maximum Gasteiger partial charge on any atom is 0.312 e. The van der Waals surface area contributed by atoms with Crippen molar-refractivity contribution in [2.75, 3.05) is 6.54 Å². The maximum absolute atomic E-state index is 12.5. The molecule has 0 spiro atoms. The predicted molar refractivity (Wildman–Crippen MR) is 104 cm³/mol. The van der Waals surface area contributed by atoms with Crippen LogP contribution >= 0.6 is 0 Å². The van der Waals surface area contributed by atoms with Crippen LogP contribution in [0.3, 0.4) is 0 Å². The smallest absolute Gasteiger partial charge is 0.312 e. The van der Waals surface area contributed by atoms with Gasteiger partial charge < -0.3 is 4.74 Å². The van der Waals surface area contributed by atoms with Crippen LogP contribution < -0.4 is 4.74 Å². The second-order valence-electron chi connectivity index (χ2n) is 7.72. The van der Waals surface area contributed by atoms with Gasteiger partial charge in [-0.25, -0.2) is 0 Å². The molecule has 0 unspecified atom stereocenters. The summed E-state index contributed by atoms with van der Waals surface area (Å²) in [6.45, 7) is 5.99. The number of fused-ring (bicyclic) bond motifs is 1. The molecule has 1 aliphatic rings. The number of esters is 1. The van der Waals surface area contributed by atoms with Gasteiger partial charge in [0.2, 0.25) is 0 Å². The highest BCUT2D eigenvalue weighted by Gasteiger charge is 2.40. The molecule has 8 nitrogen and oxygen atoms in total. The van der Waals surface area contributed by atoms with Gasteiger partial charge in [-0.2, -0.15) is 0 Å². The Morgan fingerprint density at radius 2 is 1.72 bits per heavy atom. The average Bonchev–Trinajstić information content (AvgIpc) is 2.90. The first-order valence-corrected chi connectivity index (χ1v) is 9.04. The molecule has 150 valence electrons. The van der Waals surface area contributed by atoms with Gasteiger partial charge in [-0.1, -0.05) is 39.0 Å². The molecule has 29 heavy (non-hydrogen) atoms. The van der Waals surface area contributed by atoms with Gasteiger partial charge in [-0.05, 0) is 29.2 Å². The minimum atomic E-state index is -0.778. The molecule has 8 heteroatoms. The Morgan fingerprint density at radius 3 is 2.31 bits per heavy atom. The third kappa shape index (κ3) is 4.01. The molecule has 0 N–H and O–H groups in total. The van der Waals surface area contributed by atoms with Crippen molar-refractivity contribution < 1.29 is 24.0 Å². The summed E-state index contributed by atoms with van der Waals surface area (Å²) in [6, 6.07) is 11.0. The number of hydrogen-bond acceptors (Lipinski definition) is 6. The van der Waals surface area contributed by atoms with Crippen LogP contribution in [0.2, 0.25) is 0 Å². The van der Waals surface area contributed by atoms with Crippen molar-refractivity contribution in [3.05, 3.63) is 69.3 Å². The molecule has 0 radical (unpaired) electrons. The molecule has 0 saturated carbocycles. The van der Waals surface area contributed by atoms with E-state index in [0.717, 1.165) is 10.5 Å². The zero-order valence-corrected chi connectivity index (χ0v) is 16.3. The fraction of sp³-hybridized carbons (Fsp3) is 0.286. The number of nitro groups is 1. The number of imide groups is 1. The van der Waals surface area contributed by atoms with Gasteiger partial charge >= 0.3 is 5.97 Å². The first-order valence-electron chi connectivity index (χ1n) is 9.04. The second kappa shape index (κ2) is 7.46. The van der Waals surface area contributed by atoms with Crippen LogP contribution in [0.25, 0.3) is 0 Å². The Hall–Kier alpha value is -3.55. The summed E-state index contributed by atoms with van der Waals surface area (Å²) in [7, 11) is 0. The van der Waals surface area contributed by atoms with Gasteiger partial charge in [-0.3, -0.25) is 29.4 Å². The first kappa shape index (κ1) is 20.2. The number of ether oxygens (including phenoxy) is 1. The SMILES string of the molecule is CC(C)(C)c1ccc(OC(=O)CCN2C(=O)c3cccc([N+](=O)[O-])c3C2=O)cc1. The van der Waals surface area contributed by atoms with E-state index in [0.29, 0.717) is 5.75 Å². The fourth-order valence-corrected chi connectivity index (χ4v) is 3.08. The summed E-state index contributed by atoms with van der Waals surface area (Å²) in [4.78, 5) is 48.3. The van der Waals surface area contributed by atoms with Crippen molar-refractivity contribution in [3.63, 3.8) is 0 Å². The van der Waals surface area contributed by atoms with E-state index >= 15 is 0 Å². The van der Waals surface area contributed by atoms with Gasteiger partial charge in [0.15, 0.2) is 0 Å². The Kier molecular flexibility index (Phi) is 5.19. The summed E-state index contributed by atoms with van der Waals surface area (Å²) in [5, 5.41) is 11.1. The Morgan fingerprint density at radius 1 is 1.07 bits per heavy atom. The molecule has 1 heterocycles. The predicted octanol–water partition coefficient (Wildman–Crippen LogP) is 3.48. The molecule has 0 saturated heterocycles. The number of nitro benzene ring substituents is 1. The lowest BCUT2D eigenvalue weighted by Crippen LogP contribution is -2.32. The van der Waals surface area contributed by atoms with Crippen LogP contribution in [-0.4, -0.2) is 34.2 Å². The molecule has 0 atom stereocenters. The van der Waals surface area contributed by atoms with E-state index in [1.165, 1.54) is 18.2 Å². The number of carbonyl (C=O) groups excluding carboxylic acids is 3. The average molecular weight is 396 g/mol. The van der Waals surface area contributed by atoms with Crippen molar-refractivity contribution in [1.82, 2.24) is 4.90 Å². The molecule has 0 aromatic heterocycles. The lowest BCUT2D eigenvalue weighted by atomic mass is 9.87. The number of benzene rings is 2. The van der Waals surface area contributed by atoms with Crippen LogP contribution in [0.15, 0.2) is 42.5 Å². The van der Waals surface area contributed by atoms with Crippen LogP contribution in [0.4, 0.5) is 5.69 Å². The Labute approximate surface area is 167 Å². The highest BCUT2D eigenvalue weighted by atomic mass is 16.6. The lowest BCUT2D eigenvalue weighted by molar-refractivity contribution is -0.385. The van der Waals surface area contributed by atoms with Gasteiger partial charge in [0.1, 0.15) is 11.3 Å². The normalized spacial score (nSPS) is 13.4. The number of hydrogen-bond donors (Lipinski definition) is 0. The molecule has 0 fully saturated rings. The van der Waals surface area contributed by atoms with Crippen LogP contribution in [0, 0.1) is 10.1 Å². The van der Waals surface area contributed by atoms with E-state index in [2.05, 4.69) is 20.8 Å². The molecule has 2 amide bonds. The zero-order chi connectivity index (χ0) is 21.3. The van der Waals surface area contributed by atoms with E-state index in [-0.39, 0.29) is 29.5 Å². The van der Waals surface area contributed by atoms with E-state index in [9.17, 15) is 24.5 Å². The molecule has 0 aliphatic carbocycles. The van der Waals surface area contributed by atoms with Crippen molar-refractivity contribution in [3.8, 4) is 5.75 Å². The minimum Gasteiger partial charge on any atom is -0.426 e. The quantitative estimate of drug-likeness (QED) is 0.252. The lowest BCUT2D eigenvalue weighted by Gasteiger charge is -2.19. The second-order valence-corrected chi connectivity index (χ2v) is 7.72. The largest absolute Gasteiger partial charge is 0.426 e. The monoisotopic (exact) mass is 396 g/mol.